The van der Waals surface area contributed by atoms with Crippen LogP contribution in [0.1, 0.15) is 53.7 Å². The summed E-state index contributed by atoms with van der Waals surface area (Å²) in [7, 11) is 0. The SMILES string of the molecule is NC(=O)c1c(N[C@H](NC(=O)c2ccc(Cl)cc2)C(=O)c2cccs2)sc2c1CCCC2. The number of Topliss-reactive ketones (excluding diaryl/α,β-unsaturated/α-hetero) is 1. The van der Waals surface area contributed by atoms with E-state index in [2.05, 4.69) is 10.6 Å². The summed E-state index contributed by atoms with van der Waals surface area (Å²) in [5.41, 5.74) is 7.43. The van der Waals surface area contributed by atoms with Crippen molar-refractivity contribution in [1.82, 2.24) is 5.32 Å². The average Bonchev–Trinajstić information content (AvgIpc) is 3.41. The quantitative estimate of drug-likeness (QED) is 0.347. The Kier molecular flexibility index (Phi) is 6.41. The van der Waals surface area contributed by atoms with Crippen molar-refractivity contribution in [2.75, 3.05) is 5.32 Å². The Hall–Kier alpha value is -2.68. The Morgan fingerprint density at radius 2 is 1.81 bits per heavy atom. The number of carbonyl (C=O) groups is 3. The molecular formula is C22H20ClN3O3S2. The van der Waals surface area contributed by atoms with Crippen molar-refractivity contribution in [3.63, 3.8) is 0 Å². The van der Waals surface area contributed by atoms with Crippen LogP contribution in [0.3, 0.4) is 0 Å². The average molecular weight is 474 g/mol. The third kappa shape index (κ3) is 4.66. The fraction of sp³-hybridized carbons (Fsp3) is 0.227. The first-order valence-electron chi connectivity index (χ1n) is 9.79. The summed E-state index contributed by atoms with van der Waals surface area (Å²) in [6.45, 7) is 0. The lowest BCUT2D eigenvalue weighted by Crippen LogP contribution is -2.46. The van der Waals surface area contributed by atoms with E-state index in [1.165, 1.54) is 22.7 Å². The molecule has 0 fully saturated rings. The molecule has 0 saturated heterocycles. The van der Waals surface area contributed by atoms with Crippen LogP contribution < -0.4 is 16.4 Å². The first-order valence-corrected chi connectivity index (χ1v) is 11.9. The number of anilines is 1. The van der Waals surface area contributed by atoms with Crippen LogP contribution in [-0.2, 0) is 12.8 Å². The van der Waals surface area contributed by atoms with Crippen molar-refractivity contribution in [3.8, 4) is 0 Å². The number of ketones is 1. The number of rotatable bonds is 7. The van der Waals surface area contributed by atoms with Gasteiger partial charge in [-0.25, -0.2) is 0 Å². The summed E-state index contributed by atoms with van der Waals surface area (Å²) in [4.78, 5) is 39.8. The molecule has 0 spiro atoms. The van der Waals surface area contributed by atoms with Crippen LogP contribution in [0.25, 0.3) is 0 Å². The number of halogens is 1. The predicted molar refractivity (Wildman–Crippen MR) is 124 cm³/mol. The zero-order chi connectivity index (χ0) is 22.0. The molecule has 3 aromatic rings. The normalized spacial score (nSPS) is 13.8. The van der Waals surface area contributed by atoms with Crippen molar-refractivity contribution in [3.05, 3.63) is 73.2 Å². The standard InChI is InChI=1S/C22H20ClN3O3S2/c23-13-9-7-12(8-10-13)21(29)25-20(18(27)16-6-3-11-30-16)26-22-17(19(24)28)14-4-1-2-5-15(14)31-22/h3,6-11,20,26H,1-2,4-5H2,(H2,24,28)(H,25,29)/t20-/m0/s1. The van der Waals surface area contributed by atoms with Gasteiger partial charge in [0.1, 0.15) is 5.00 Å². The summed E-state index contributed by atoms with van der Waals surface area (Å²) < 4.78 is 0. The Morgan fingerprint density at radius 1 is 1.06 bits per heavy atom. The number of benzene rings is 1. The number of carbonyl (C=O) groups excluding carboxylic acids is 3. The zero-order valence-electron chi connectivity index (χ0n) is 16.4. The summed E-state index contributed by atoms with van der Waals surface area (Å²) in [6.07, 6.45) is 2.65. The summed E-state index contributed by atoms with van der Waals surface area (Å²) in [5.74, 6) is -1.26. The minimum atomic E-state index is -1.06. The molecule has 4 rings (SSSR count). The van der Waals surface area contributed by atoms with E-state index in [4.69, 9.17) is 17.3 Å². The maximum absolute atomic E-state index is 13.2. The molecule has 2 heterocycles. The van der Waals surface area contributed by atoms with E-state index in [1.54, 1.807) is 41.8 Å². The van der Waals surface area contributed by atoms with Crippen LogP contribution >= 0.6 is 34.3 Å². The molecule has 1 aliphatic carbocycles. The molecule has 0 bridgehead atoms. The van der Waals surface area contributed by atoms with Gasteiger partial charge in [0, 0.05) is 15.5 Å². The number of nitrogens with two attached hydrogens (primary N) is 1. The largest absolute Gasteiger partial charge is 0.365 e. The monoisotopic (exact) mass is 473 g/mol. The van der Waals surface area contributed by atoms with E-state index in [9.17, 15) is 14.4 Å². The van der Waals surface area contributed by atoms with Gasteiger partial charge in [-0.15, -0.1) is 22.7 Å². The van der Waals surface area contributed by atoms with Gasteiger partial charge in [-0.3, -0.25) is 14.4 Å². The Bertz CT molecular complexity index is 1120. The molecular weight excluding hydrogens is 454 g/mol. The first-order chi connectivity index (χ1) is 14.9. The second-order valence-corrected chi connectivity index (χ2v) is 9.67. The number of aryl methyl sites for hydroxylation is 1. The van der Waals surface area contributed by atoms with Gasteiger partial charge in [0.2, 0.25) is 5.78 Å². The molecule has 1 aromatic carbocycles. The van der Waals surface area contributed by atoms with Gasteiger partial charge in [-0.05, 0) is 67.0 Å². The highest BCUT2D eigenvalue weighted by atomic mass is 35.5. The zero-order valence-corrected chi connectivity index (χ0v) is 18.8. The maximum atomic E-state index is 13.2. The number of fused-ring (bicyclic) bond motifs is 1. The van der Waals surface area contributed by atoms with Gasteiger partial charge in [0.05, 0.1) is 10.4 Å². The third-order valence-corrected chi connectivity index (χ3v) is 7.46. The molecule has 0 saturated carbocycles. The second-order valence-electron chi connectivity index (χ2n) is 7.18. The fourth-order valence-electron chi connectivity index (χ4n) is 3.60. The van der Waals surface area contributed by atoms with Gasteiger partial charge in [-0.1, -0.05) is 17.7 Å². The molecule has 0 aliphatic heterocycles. The van der Waals surface area contributed by atoms with Crippen LogP contribution in [0.15, 0.2) is 41.8 Å². The lowest BCUT2D eigenvalue weighted by molar-refractivity contribution is 0.0871. The van der Waals surface area contributed by atoms with Crippen molar-refractivity contribution >= 4 is 56.9 Å². The highest BCUT2D eigenvalue weighted by Crippen LogP contribution is 2.38. The van der Waals surface area contributed by atoms with E-state index in [0.717, 1.165) is 36.1 Å². The Morgan fingerprint density at radius 3 is 2.48 bits per heavy atom. The minimum absolute atomic E-state index is 0.292. The van der Waals surface area contributed by atoms with E-state index in [0.29, 0.717) is 26.0 Å². The van der Waals surface area contributed by atoms with Crippen molar-refractivity contribution in [1.29, 1.82) is 0 Å². The Balaban J connectivity index is 1.66. The van der Waals surface area contributed by atoms with Crippen LogP contribution in [-0.4, -0.2) is 23.8 Å². The van der Waals surface area contributed by atoms with Gasteiger partial charge in [0.15, 0.2) is 6.17 Å². The number of nitrogens with one attached hydrogen (secondary N) is 2. The number of amides is 2. The molecule has 1 aliphatic rings. The molecule has 1 atom stereocenters. The first kappa shape index (κ1) is 21.5. The highest BCUT2D eigenvalue weighted by Gasteiger charge is 2.29. The van der Waals surface area contributed by atoms with E-state index < -0.39 is 18.0 Å². The van der Waals surface area contributed by atoms with E-state index in [-0.39, 0.29) is 5.78 Å². The fourth-order valence-corrected chi connectivity index (χ4v) is 5.75. The molecule has 2 amide bonds. The van der Waals surface area contributed by atoms with Crippen molar-refractivity contribution in [2.24, 2.45) is 5.73 Å². The number of hydrogen-bond acceptors (Lipinski definition) is 6. The molecule has 160 valence electrons. The third-order valence-electron chi connectivity index (χ3n) is 5.10. The molecule has 4 N–H and O–H groups in total. The summed E-state index contributed by atoms with van der Waals surface area (Å²) >= 11 is 8.62. The van der Waals surface area contributed by atoms with Crippen LogP contribution in [0.2, 0.25) is 5.02 Å². The number of primary amides is 1. The lowest BCUT2D eigenvalue weighted by Gasteiger charge is -2.20. The molecule has 2 aromatic heterocycles. The van der Waals surface area contributed by atoms with Gasteiger partial charge >= 0.3 is 0 Å². The van der Waals surface area contributed by atoms with E-state index >= 15 is 0 Å². The van der Waals surface area contributed by atoms with Crippen LogP contribution in [0, 0.1) is 0 Å². The molecule has 9 heteroatoms. The minimum Gasteiger partial charge on any atom is -0.365 e. The molecule has 6 nitrogen and oxygen atoms in total. The Labute approximate surface area is 192 Å². The van der Waals surface area contributed by atoms with Crippen LogP contribution in [0.5, 0.6) is 0 Å². The number of hydrogen-bond donors (Lipinski definition) is 3. The predicted octanol–water partition coefficient (Wildman–Crippen LogP) is 4.49. The summed E-state index contributed by atoms with van der Waals surface area (Å²) in [6, 6.07) is 9.86. The molecule has 0 unspecified atom stereocenters. The summed E-state index contributed by atoms with van der Waals surface area (Å²) in [5, 5.41) is 8.68. The molecule has 0 radical (unpaired) electrons. The van der Waals surface area contributed by atoms with Gasteiger partial charge < -0.3 is 16.4 Å². The van der Waals surface area contributed by atoms with Gasteiger partial charge in [0.25, 0.3) is 11.8 Å². The lowest BCUT2D eigenvalue weighted by atomic mass is 9.95. The van der Waals surface area contributed by atoms with Crippen LogP contribution in [0.4, 0.5) is 5.00 Å². The topological polar surface area (TPSA) is 101 Å². The second kappa shape index (κ2) is 9.21. The van der Waals surface area contributed by atoms with E-state index in [1.807, 2.05) is 0 Å². The van der Waals surface area contributed by atoms with Crippen molar-refractivity contribution < 1.29 is 14.4 Å². The smallest absolute Gasteiger partial charge is 0.253 e. The van der Waals surface area contributed by atoms with Gasteiger partial charge in [-0.2, -0.15) is 0 Å². The van der Waals surface area contributed by atoms with Crippen molar-refractivity contribution in [2.45, 2.75) is 31.8 Å². The molecule has 31 heavy (non-hydrogen) atoms. The number of thiophene rings is 2. The maximum Gasteiger partial charge on any atom is 0.253 e. The highest BCUT2D eigenvalue weighted by molar-refractivity contribution is 7.16.